The number of rotatable bonds is 2. The summed E-state index contributed by atoms with van der Waals surface area (Å²) in [5.74, 6) is -0.135. The van der Waals surface area contributed by atoms with Gasteiger partial charge in [-0.3, -0.25) is 0 Å². The summed E-state index contributed by atoms with van der Waals surface area (Å²) in [4.78, 5) is -0.126. The quantitative estimate of drug-likeness (QED) is 0.556. The van der Waals surface area contributed by atoms with E-state index >= 15 is 0 Å². The first-order chi connectivity index (χ1) is 8.91. The Hall–Kier alpha value is -0.670. The molecule has 0 spiro atoms. The van der Waals surface area contributed by atoms with Gasteiger partial charge in [0.25, 0.3) is 0 Å². The first kappa shape index (κ1) is 14.7. The minimum Gasteiger partial charge on any atom is -0.206 e. The third-order valence-electron chi connectivity index (χ3n) is 3.32. The van der Waals surface area contributed by atoms with Crippen molar-refractivity contribution in [2.45, 2.75) is 25.6 Å². The van der Waals surface area contributed by atoms with Gasteiger partial charge in [0.2, 0.25) is 0 Å². The highest BCUT2D eigenvalue weighted by Gasteiger charge is 2.18. The first-order valence-corrected chi connectivity index (χ1v) is 7.78. The number of aryl methyl sites for hydroxylation is 3. The zero-order valence-electron chi connectivity index (χ0n) is 11.1. The molecule has 2 rings (SSSR count). The van der Waals surface area contributed by atoms with Crippen molar-refractivity contribution in [2.24, 2.45) is 0 Å². The summed E-state index contributed by atoms with van der Waals surface area (Å²) in [6.45, 7) is 5.87. The van der Waals surface area contributed by atoms with E-state index < -0.39 is 0 Å². The largest absolute Gasteiger partial charge is 0.206 e. The van der Waals surface area contributed by atoms with Crippen LogP contribution in [0.3, 0.4) is 0 Å². The van der Waals surface area contributed by atoms with Crippen LogP contribution in [-0.2, 0) is 0 Å². The molecule has 0 aliphatic carbocycles. The minimum absolute atomic E-state index is 0.126. The van der Waals surface area contributed by atoms with Gasteiger partial charge in [-0.05, 0) is 49.1 Å². The van der Waals surface area contributed by atoms with Crippen LogP contribution in [0.25, 0.3) is 0 Å². The van der Waals surface area contributed by atoms with E-state index in [4.69, 9.17) is 0 Å². The maximum absolute atomic E-state index is 14.2. The Balaban J connectivity index is 2.53. The van der Waals surface area contributed by atoms with Gasteiger partial charge in [0.1, 0.15) is 5.82 Å². The normalized spacial score (nSPS) is 12.5. The van der Waals surface area contributed by atoms with E-state index in [9.17, 15) is 4.39 Å². The summed E-state index contributed by atoms with van der Waals surface area (Å²) in [6, 6.07) is 9.69. The molecule has 1 unspecified atom stereocenters. The van der Waals surface area contributed by atoms with Crippen LogP contribution in [0.15, 0.2) is 34.8 Å². The van der Waals surface area contributed by atoms with E-state index in [1.54, 1.807) is 13.0 Å². The predicted molar refractivity (Wildman–Crippen MR) is 85.5 cm³/mol. The van der Waals surface area contributed by atoms with Gasteiger partial charge in [0, 0.05) is 10.0 Å². The molecule has 0 bridgehead atoms. The molecule has 2 aromatic rings. The van der Waals surface area contributed by atoms with E-state index in [0.717, 1.165) is 21.2 Å². The van der Waals surface area contributed by atoms with Crippen LogP contribution in [0.4, 0.5) is 4.39 Å². The Morgan fingerprint density at radius 3 is 2.32 bits per heavy atom. The van der Waals surface area contributed by atoms with Gasteiger partial charge in [-0.1, -0.05) is 56.1 Å². The first-order valence-electron chi connectivity index (χ1n) is 6.07. The lowest BCUT2D eigenvalue weighted by Gasteiger charge is -2.17. The second kappa shape index (κ2) is 5.76. The van der Waals surface area contributed by atoms with Crippen molar-refractivity contribution >= 4 is 31.9 Å². The molecule has 0 aliphatic rings. The van der Waals surface area contributed by atoms with Crippen LogP contribution < -0.4 is 0 Å². The second-order valence-corrected chi connectivity index (χ2v) is 6.57. The Morgan fingerprint density at radius 1 is 0.947 bits per heavy atom. The summed E-state index contributed by atoms with van der Waals surface area (Å²) in [6.07, 6.45) is 0. The molecule has 0 fully saturated rings. The zero-order valence-corrected chi connectivity index (χ0v) is 14.3. The number of hydrogen-bond acceptors (Lipinski definition) is 0. The Morgan fingerprint density at radius 2 is 1.63 bits per heavy atom. The molecular formula is C16H15Br2F. The van der Waals surface area contributed by atoms with Crippen LogP contribution in [0.5, 0.6) is 0 Å². The maximum Gasteiger partial charge on any atom is 0.130 e. The smallest absolute Gasteiger partial charge is 0.130 e. The van der Waals surface area contributed by atoms with Gasteiger partial charge in [0.15, 0.2) is 0 Å². The van der Waals surface area contributed by atoms with Crippen molar-refractivity contribution in [1.82, 2.24) is 0 Å². The summed E-state index contributed by atoms with van der Waals surface area (Å²) in [7, 11) is 0. The van der Waals surface area contributed by atoms with Crippen LogP contribution in [0.2, 0.25) is 0 Å². The highest BCUT2D eigenvalue weighted by molar-refractivity contribution is 9.10. The third kappa shape index (κ3) is 2.92. The lowest BCUT2D eigenvalue weighted by atomic mass is 9.97. The van der Waals surface area contributed by atoms with Gasteiger partial charge in [-0.2, -0.15) is 0 Å². The predicted octanol–water partition coefficient (Wildman–Crippen LogP) is 6.00. The second-order valence-electron chi connectivity index (χ2n) is 4.80. The highest BCUT2D eigenvalue weighted by atomic mass is 79.9. The fourth-order valence-electron chi connectivity index (χ4n) is 2.11. The fraction of sp³-hybridized carbons (Fsp3) is 0.250. The monoisotopic (exact) mass is 384 g/mol. The number of hydrogen-bond donors (Lipinski definition) is 0. The van der Waals surface area contributed by atoms with Gasteiger partial charge in [-0.25, -0.2) is 4.39 Å². The summed E-state index contributed by atoms with van der Waals surface area (Å²) >= 11 is 7.16. The molecule has 2 aromatic carbocycles. The number of benzene rings is 2. The third-order valence-corrected chi connectivity index (χ3v) is 5.16. The van der Waals surface area contributed by atoms with Gasteiger partial charge in [0.05, 0.1) is 4.83 Å². The molecule has 0 saturated heterocycles. The molecule has 19 heavy (non-hydrogen) atoms. The molecule has 0 N–H and O–H groups in total. The van der Waals surface area contributed by atoms with E-state index in [1.165, 1.54) is 0 Å². The Labute approximate surface area is 130 Å². The molecule has 0 aromatic heterocycles. The molecular weight excluding hydrogens is 371 g/mol. The van der Waals surface area contributed by atoms with Gasteiger partial charge in [-0.15, -0.1) is 0 Å². The lowest BCUT2D eigenvalue weighted by Crippen LogP contribution is -2.01. The number of halogens is 3. The van der Waals surface area contributed by atoms with Crippen LogP contribution >= 0.6 is 31.9 Å². The fourth-order valence-corrected chi connectivity index (χ4v) is 3.41. The van der Waals surface area contributed by atoms with Crippen molar-refractivity contribution in [3.63, 3.8) is 0 Å². The SMILES string of the molecule is Cc1cc(C(Br)c2cccc(C)c2F)c(C)cc1Br. The van der Waals surface area contributed by atoms with Crippen LogP contribution in [-0.4, -0.2) is 0 Å². The zero-order chi connectivity index (χ0) is 14.2. The average molecular weight is 386 g/mol. The van der Waals surface area contributed by atoms with E-state index in [1.807, 2.05) is 26.0 Å². The van der Waals surface area contributed by atoms with Crippen molar-refractivity contribution in [1.29, 1.82) is 0 Å². The van der Waals surface area contributed by atoms with Crippen LogP contribution in [0, 0.1) is 26.6 Å². The van der Waals surface area contributed by atoms with E-state index in [0.29, 0.717) is 11.1 Å². The molecule has 0 radical (unpaired) electrons. The standard InChI is InChI=1S/C16H15Br2F/c1-9-5-4-6-12(16(9)19)15(18)13-7-11(3)14(17)8-10(13)2/h4-8,15H,1-3H3. The molecule has 3 heteroatoms. The Bertz CT molecular complexity index is 620. The van der Waals surface area contributed by atoms with Crippen LogP contribution in [0.1, 0.15) is 32.6 Å². The molecule has 0 nitrogen and oxygen atoms in total. The summed E-state index contributed by atoms with van der Waals surface area (Å²) < 4.78 is 15.3. The van der Waals surface area contributed by atoms with Crippen molar-refractivity contribution < 1.29 is 4.39 Å². The average Bonchev–Trinajstić information content (AvgIpc) is 2.36. The summed E-state index contributed by atoms with van der Waals surface area (Å²) in [5.41, 5.74) is 4.75. The molecule has 100 valence electrons. The van der Waals surface area contributed by atoms with Crippen molar-refractivity contribution in [2.75, 3.05) is 0 Å². The minimum atomic E-state index is -0.135. The molecule has 0 heterocycles. The lowest BCUT2D eigenvalue weighted by molar-refractivity contribution is 0.604. The highest BCUT2D eigenvalue weighted by Crippen LogP contribution is 2.36. The van der Waals surface area contributed by atoms with Crippen molar-refractivity contribution in [3.8, 4) is 0 Å². The molecule has 0 aliphatic heterocycles. The number of alkyl halides is 1. The summed E-state index contributed by atoms with van der Waals surface area (Å²) in [5, 5.41) is 0. The topological polar surface area (TPSA) is 0 Å². The molecule has 0 amide bonds. The van der Waals surface area contributed by atoms with Crippen molar-refractivity contribution in [3.05, 3.63) is 68.4 Å². The maximum atomic E-state index is 14.2. The van der Waals surface area contributed by atoms with E-state index in [2.05, 4.69) is 44.0 Å². The Kier molecular flexibility index (Phi) is 4.46. The van der Waals surface area contributed by atoms with Gasteiger partial charge < -0.3 is 0 Å². The van der Waals surface area contributed by atoms with E-state index in [-0.39, 0.29) is 10.6 Å². The van der Waals surface area contributed by atoms with Gasteiger partial charge >= 0.3 is 0 Å². The molecule has 0 saturated carbocycles. The molecule has 1 atom stereocenters.